The second-order valence-corrected chi connectivity index (χ2v) is 4.54. The molecule has 0 fully saturated rings. The van der Waals surface area contributed by atoms with E-state index in [1.807, 2.05) is 18.2 Å². The van der Waals surface area contributed by atoms with E-state index in [4.69, 9.17) is 5.11 Å². The number of aromatic amines is 2. The first kappa shape index (κ1) is 13.3. The summed E-state index contributed by atoms with van der Waals surface area (Å²) >= 11 is 0. The summed E-state index contributed by atoms with van der Waals surface area (Å²) in [4.78, 5) is 14.9. The fraction of sp³-hybridized carbons (Fsp3) is 0.214. The Morgan fingerprint density at radius 3 is 2.81 bits per heavy atom. The molecule has 0 atom stereocenters. The number of hydrogen-bond donors (Lipinski definition) is 4. The molecule has 0 unspecified atom stereocenters. The zero-order chi connectivity index (χ0) is 14.5. The van der Waals surface area contributed by atoms with Gasteiger partial charge in [-0.15, -0.1) is 0 Å². The highest BCUT2D eigenvalue weighted by molar-refractivity contribution is 5.81. The summed E-state index contributed by atoms with van der Waals surface area (Å²) in [6.45, 7) is 1.12. The van der Waals surface area contributed by atoms with Crippen LogP contribution in [0.5, 0.6) is 0 Å². The zero-order valence-electron chi connectivity index (χ0n) is 11.4. The second-order valence-electron chi connectivity index (χ2n) is 4.54. The van der Waals surface area contributed by atoms with Crippen molar-refractivity contribution in [1.82, 2.24) is 15.0 Å². The lowest BCUT2D eigenvalue weighted by Crippen LogP contribution is -2.12. The number of imidazole rings is 1. The van der Waals surface area contributed by atoms with Crippen LogP contribution in [-0.4, -0.2) is 33.2 Å². The van der Waals surface area contributed by atoms with Crippen LogP contribution in [0.25, 0.3) is 11.2 Å². The van der Waals surface area contributed by atoms with Crippen molar-refractivity contribution in [2.45, 2.75) is 6.54 Å². The summed E-state index contributed by atoms with van der Waals surface area (Å²) in [7, 11) is 0. The Morgan fingerprint density at radius 1 is 1.14 bits per heavy atom. The summed E-state index contributed by atoms with van der Waals surface area (Å²) < 4.78 is 0. The van der Waals surface area contributed by atoms with Crippen molar-refractivity contribution in [2.24, 2.45) is 0 Å². The lowest BCUT2D eigenvalue weighted by atomic mass is 10.2. The van der Waals surface area contributed by atoms with Gasteiger partial charge < -0.3 is 15.7 Å². The van der Waals surface area contributed by atoms with Gasteiger partial charge in [0.25, 0.3) is 0 Å². The number of nitrogens with one attached hydrogen (secondary N) is 4. The van der Waals surface area contributed by atoms with Crippen molar-refractivity contribution >= 4 is 22.9 Å². The van der Waals surface area contributed by atoms with Crippen LogP contribution in [-0.2, 0) is 6.54 Å². The summed E-state index contributed by atoms with van der Waals surface area (Å²) in [5, 5.41) is 15.1. The molecule has 7 nitrogen and oxygen atoms in total. The van der Waals surface area contributed by atoms with Gasteiger partial charge in [0, 0.05) is 13.1 Å². The molecule has 21 heavy (non-hydrogen) atoms. The molecule has 0 bridgehead atoms. The molecule has 0 aliphatic carbocycles. The number of anilines is 2. The maximum absolute atomic E-state index is 8.87. The van der Waals surface area contributed by atoms with Crippen LogP contribution in [0, 0.1) is 0 Å². The number of hydrogen-bond acceptors (Lipinski definition) is 5. The average Bonchev–Trinajstić information content (AvgIpc) is 3.00. The normalized spacial score (nSPS) is 10.7. The SMILES string of the molecule is OCCNc1nc(NCc2ccccc2)c2[nH]c[nH+]c2n1. The van der Waals surface area contributed by atoms with Gasteiger partial charge in [-0.2, -0.15) is 4.98 Å². The van der Waals surface area contributed by atoms with E-state index in [1.54, 1.807) is 6.33 Å². The Hall–Kier alpha value is -2.67. The molecular formula is C14H17N6O+. The Balaban J connectivity index is 1.83. The minimum absolute atomic E-state index is 0.0328. The number of benzene rings is 1. The quantitative estimate of drug-likeness (QED) is 0.536. The van der Waals surface area contributed by atoms with Crippen LogP contribution in [0.15, 0.2) is 36.7 Å². The third kappa shape index (κ3) is 3.09. The number of aliphatic hydroxyl groups is 1. The van der Waals surface area contributed by atoms with Gasteiger partial charge in [-0.1, -0.05) is 35.3 Å². The van der Waals surface area contributed by atoms with Crippen molar-refractivity contribution < 1.29 is 10.1 Å². The first-order chi connectivity index (χ1) is 10.4. The standard InChI is InChI=1S/C14H16N6O/c21-7-6-15-14-19-12(11-13(20-14)18-9-17-11)16-8-10-4-2-1-3-5-10/h1-5,9,21H,6-8H2,(H3,15,16,17,18,19,20)/p+1. The number of rotatable bonds is 6. The van der Waals surface area contributed by atoms with E-state index in [9.17, 15) is 0 Å². The van der Waals surface area contributed by atoms with Crippen LogP contribution in [0.4, 0.5) is 11.8 Å². The lowest BCUT2D eigenvalue weighted by molar-refractivity contribution is -0.347. The van der Waals surface area contributed by atoms with E-state index in [0.29, 0.717) is 30.5 Å². The average molecular weight is 285 g/mol. The molecule has 5 N–H and O–H groups in total. The fourth-order valence-corrected chi connectivity index (χ4v) is 2.03. The van der Waals surface area contributed by atoms with Crippen LogP contribution < -0.4 is 15.6 Å². The summed E-state index contributed by atoms with van der Waals surface area (Å²) in [5.74, 6) is 1.19. The Bertz CT molecular complexity index is 712. The van der Waals surface area contributed by atoms with Crippen LogP contribution in [0.1, 0.15) is 5.56 Å². The number of fused-ring (bicyclic) bond motifs is 1. The predicted molar refractivity (Wildman–Crippen MR) is 79.8 cm³/mol. The topological polar surface area (TPSA) is 100 Å². The van der Waals surface area contributed by atoms with Gasteiger partial charge in [-0.3, -0.25) is 4.98 Å². The molecule has 3 rings (SSSR count). The molecule has 0 amide bonds. The number of nitrogens with zero attached hydrogens (tertiary/aromatic N) is 2. The van der Waals surface area contributed by atoms with E-state index in [2.05, 4.69) is 42.7 Å². The molecule has 1 aromatic carbocycles. The largest absolute Gasteiger partial charge is 0.395 e. The van der Waals surface area contributed by atoms with Crippen molar-refractivity contribution in [1.29, 1.82) is 0 Å². The van der Waals surface area contributed by atoms with Crippen LogP contribution in [0.2, 0.25) is 0 Å². The lowest BCUT2D eigenvalue weighted by Gasteiger charge is -2.06. The summed E-state index contributed by atoms with van der Waals surface area (Å²) in [6, 6.07) is 10.1. The third-order valence-corrected chi connectivity index (χ3v) is 3.03. The van der Waals surface area contributed by atoms with Gasteiger partial charge in [0.1, 0.15) is 0 Å². The number of aliphatic hydroxyl groups excluding tert-OH is 1. The van der Waals surface area contributed by atoms with Crippen LogP contribution >= 0.6 is 0 Å². The van der Waals surface area contributed by atoms with Crippen molar-refractivity contribution in [3.05, 3.63) is 42.2 Å². The highest BCUT2D eigenvalue weighted by atomic mass is 16.3. The minimum Gasteiger partial charge on any atom is -0.395 e. The molecule has 0 aliphatic rings. The highest BCUT2D eigenvalue weighted by Gasteiger charge is 2.15. The predicted octanol–water partition coefficient (Wildman–Crippen LogP) is 0.788. The third-order valence-electron chi connectivity index (χ3n) is 3.03. The molecular weight excluding hydrogens is 268 g/mol. The van der Waals surface area contributed by atoms with E-state index < -0.39 is 0 Å². The molecule has 0 saturated heterocycles. The maximum Gasteiger partial charge on any atom is 0.307 e. The first-order valence-corrected chi connectivity index (χ1v) is 6.76. The van der Waals surface area contributed by atoms with Gasteiger partial charge in [0.05, 0.1) is 6.61 Å². The molecule has 3 aromatic rings. The molecule has 2 aromatic heterocycles. The van der Waals surface area contributed by atoms with Crippen molar-refractivity contribution in [2.75, 3.05) is 23.8 Å². The van der Waals surface area contributed by atoms with E-state index in [1.165, 1.54) is 5.56 Å². The Morgan fingerprint density at radius 2 is 2.00 bits per heavy atom. The zero-order valence-corrected chi connectivity index (χ0v) is 11.4. The molecule has 0 saturated carbocycles. The van der Waals surface area contributed by atoms with Crippen molar-refractivity contribution in [3.63, 3.8) is 0 Å². The second kappa shape index (κ2) is 6.19. The molecule has 7 heteroatoms. The minimum atomic E-state index is 0.0328. The summed E-state index contributed by atoms with van der Waals surface area (Å²) in [6.07, 6.45) is 1.71. The highest BCUT2D eigenvalue weighted by Crippen LogP contribution is 2.17. The van der Waals surface area contributed by atoms with E-state index in [0.717, 1.165) is 5.52 Å². The molecule has 0 aliphatic heterocycles. The van der Waals surface area contributed by atoms with Gasteiger partial charge in [-0.25, -0.2) is 4.98 Å². The monoisotopic (exact) mass is 285 g/mol. The summed E-state index contributed by atoms with van der Waals surface area (Å²) in [5.41, 5.74) is 2.70. The van der Waals surface area contributed by atoms with Crippen LogP contribution in [0.3, 0.4) is 0 Å². The van der Waals surface area contributed by atoms with Gasteiger partial charge in [0.2, 0.25) is 5.52 Å². The van der Waals surface area contributed by atoms with E-state index in [-0.39, 0.29) is 6.61 Å². The molecule has 0 spiro atoms. The van der Waals surface area contributed by atoms with Gasteiger partial charge in [0.15, 0.2) is 12.1 Å². The number of aromatic nitrogens is 4. The molecule has 108 valence electrons. The fourth-order valence-electron chi connectivity index (χ4n) is 2.03. The smallest absolute Gasteiger partial charge is 0.307 e. The van der Waals surface area contributed by atoms with E-state index >= 15 is 0 Å². The molecule has 0 radical (unpaired) electrons. The van der Waals surface area contributed by atoms with Gasteiger partial charge in [-0.05, 0) is 5.56 Å². The Kier molecular flexibility index (Phi) is 3.92. The first-order valence-electron chi connectivity index (χ1n) is 6.76. The Labute approximate surface area is 121 Å². The molecule has 2 heterocycles. The van der Waals surface area contributed by atoms with Crippen molar-refractivity contribution in [3.8, 4) is 0 Å². The number of H-pyrrole nitrogens is 2. The maximum atomic E-state index is 8.87. The van der Waals surface area contributed by atoms with Gasteiger partial charge >= 0.3 is 11.6 Å².